The molecule has 0 aliphatic rings. The molecule has 4 rings (SSSR count). The normalized spacial score (nSPS) is 11.2. The zero-order valence-corrected chi connectivity index (χ0v) is 25.1. The molecule has 2 amide bonds. The molecule has 0 spiro atoms. The number of aromatic nitrogens is 1. The van der Waals surface area contributed by atoms with Crippen LogP contribution < -0.4 is 50.6 Å². The largest absolute Gasteiger partial charge is 1.00 e. The molecule has 41 heavy (non-hydrogen) atoms. The molecule has 206 valence electrons. The first-order valence-corrected chi connectivity index (χ1v) is 13.0. The average molecular weight is 563 g/mol. The van der Waals surface area contributed by atoms with Gasteiger partial charge in [-0.2, -0.15) is 0 Å². The Labute approximate surface area is 260 Å². The number of nitrogens with one attached hydrogen (secondary N) is 3. The van der Waals surface area contributed by atoms with Gasteiger partial charge in [-0.1, -0.05) is 54.6 Å². The second-order valence-corrected chi connectivity index (χ2v) is 9.52. The van der Waals surface area contributed by atoms with Gasteiger partial charge in [-0.25, -0.2) is 4.98 Å². The predicted molar refractivity (Wildman–Crippen MR) is 151 cm³/mol. The summed E-state index contributed by atoms with van der Waals surface area (Å²) in [6.07, 6.45) is 1.90. The number of aryl methyl sites for hydroxylation is 1. The summed E-state index contributed by atoms with van der Waals surface area (Å²) in [5, 5.41) is 32.6. The van der Waals surface area contributed by atoms with E-state index in [0.717, 1.165) is 33.3 Å². The molecule has 10 heteroatoms. The number of aromatic hydroxyl groups is 1. The summed E-state index contributed by atoms with van der Waals surface area (Å²) in [6, 6.07) is 21.4. The number of pyridine rings is 1. The van der Waals surface area contributed by atoms with Crippen LogP contribution in [0.4, 0.5) is 5.82 Å². The summed E-state index contributed by atoms with van der Waals surface area (Å²) in [6.45, 7) is 2.17. The van der Waals surface area contributed by atoms with Crippen molar-refractivity contribution >= 4 is 34.4 Å². The molecule has 9 nitrogen and oxygen atoms in total. The number of hydrogen-bond donors (Lipinski definition) is 4. The predicted octanol–water partition coefficient (Wildman–Crippen LogP) is 0.226. The van der Waals surface area contributed by atoms with Crippen molar-refractivity contribution in [1.82, 2.24) is 15.6 Å². The Balaban J connectivity index is 0.00000462. The summed E-state index contributed by atoms with van der Waals surface area (Å²) < 4.78 is 0. The maximum absolute atomic E-state index is 12.6. The molecule has 0 bridgehead atoms. The van der Waals surface area contributed by atoms with E-state index in [-0.39, 0.29) is 59.7 Å². The number of phenolic OH excluding ortho intramolecular Hbond substituents is 1. The fourth-order valence-corrected chi connectivity index (χ4v) is 4.50. The van der Waals surface area contributed by atoms with Crippen molar-refractivity contribution < 1.29 is 54.2 Å². The van der Waals surface area contributed by atoms with Gasteiger partial charge in [0.2, 0.25) is 11.8 Å². The second kappa shape index (κ2) is 15.2. The molecule has 4 aromatic rings. The molecule has 0 saturated carbocycles. The van der Waals surface area contributed by atoms with E-state index in [0.29, 0.717) is 13.0 Å². The van der Waals surface area contributed by atoms with Crippen molar-refractivity contribution in [3.63, 3.8) is 0 Å². The van der Waals surface area contributed by atoms with Crippen molar-refractivity contribution in [2.24, 2.45) is 0 Å². The Hall–Kier alpha value is -3.92. The summed E-state index contributed by atoms with van der Waals surface area (Å²) >= 11 is 0. The number of nitrogens with zero attached hydrogens (tertiary/aromatic N) is 1. The van der Waals surface area contributed by atoms with Gasteiger partial charge in [-0.3, -0.25) is 9.59 Å². The Morgan fingerprint density at radius 2 is 1.76 bits per heavy atom. The van der Waals surface area contributed by atoms with Crippen LogP contribution in [-0.4, -0.2) is 41.0 Å². The number of carbonyl (C=O) groups is 3. The van der Waals surface area contributed by atoms with E-state index >= 15 is 0 Å². The van der Waals surface area contributed by atoms with Crippen molar-refractivity contribution in [1.29, 1.82) is 0 Å². The van der Waals surface area contributed by atoms with Gasteiger partial charge < -0.3 is 31.0 Å². The maximum atomic E-state index is 12.6. The number of aliphatic carboxylic acids is 1. The first-order valence-electron chi connectivity index (χ1n) is 13.0. The number of carboxylic acid groups (broad SMARTS) is 1. The second-order valence-electron chi connectivity index (χ2n) is 9.52. The SMILES string of the molecule is Cc1ccnc(NCCCC(=O)NCC(=O)NC(CC(=O)[O-])c2ccc(-c3cccc4ccccc34)cc2O)c1.[Na+]. The quantitative estimate of drug-likeness (QED) is 0.143. The van der Waals surface area contributed by atoms with E-state index in [2.05, 4.69) is 20.9 Å². The van der Waals surface area contributed by atoms with Crippen LogP contribution >= 0.6 is 0 Å². The zero-order valence-electron chi connectivity index (χ0n) is 23.1. The molecule has 1 aromatic heterocycles. The van der Waals surface area contributed by atoms with Gasteiger partial charge in [0, 0.05) is 37.1 Å². The van der Waals surface area contributed by atoms with Gasteiger partial charge in [0.1, 0.15) is 11.6 Å². The van der Waals surface area contributed by atoms with Crippen LogP contribution in [0.2, 0.25) is 0 Å². The number of carbonyl (C=O) groups excluding carboxylic acids is 3. The number of phenols is 1. The maximum Gasteiger partial charge on any atom is 1.00 e. The summed E-state index contributed by atoms with van der Waals surface area (Å²) in [5.74, 6) is -1.71. The van der Waals surface area contributed by atoms with Crippen LogP contribution in [0.25, 0.3) is 21.9 Å². The van der Waals surface area contributed by atoms with Crippen LogP contribution in [0.5, 0.6) is 5.75 Å². The molecule has 0 aliphatic heterocycles. The topological polar surface area (TPSA) is 143 Å². The molecule has 0 fully saturated rings. The summed E-state index contributed by atoms with van der Waals surface area (Å²) in [4.78, 5) is 40.4. The van der Waals surface area contributed by atoms with Crippen molar-refractivity contribution in [2.75, 3.05) is 18.4 Å². The molecule has 0 radical (unpaired) electrons. The molecule has 0 saturated heterocycles. The molecule has 1 unspecified atom stereocenters. The average Bonchev–Trinajstić information content (AvgIpc) is 2.93. The molecule has 4 N–H and O–H groups in total. The third-order valence-electron chi connectivity index (χ3n) is 6.46. The number of benzene rings is 3. The standard InChI is InChI=1S/C31H32N4O5.Na/c1-20-13-15-33-28(16-20)32-14-5-10-29(37)34-19-30(38)35-26(18-31(39)40)25-12-11-22(17-27(25)36)24-9-4-7-21-6-2-3-8-23(21)24;/h2-4,6-9,11-13,15-17,26,36H,5,10,14,18-19H2,1H3,(H,32,33)(H,34,37)(H,35,38)(H,39,40);/q;+1/p-1. The Kier molecular flexibility index (Phi) is 11.7. The minimum atomic E-state index is -1.39. The van der Waals surface area contributed by atoms with Crippen LogP contribution in [0.3, 0.4) is 0 Å². The number of fused-ring (bicyclic) bond motifs is 1. The zero-order chi connectivity index (χ0) is 28.5. The van der Waals surface area contributed by atoms with Crippen molar-refractivity contribution in [2.45, 2.75) is 32.2 Å². The van der Waals surface area contributed by atoms with Gasteiger partial charge in [-0.05, 0) is 59.0 Å². The van der Waals surface area contributed by atoms with Gasteiger partial charge in [0.05, 0.1) is 12.6 Å². The third kappa shape index (κ3) is 9.04. The van der Waals surface area contributed by atoms with Crippen molar-refractivity contribution in [3.8, 4) is 16.9 Å². The van der Waals surface area contributed by atoms with Crippen LogP contribution in [0.15, 0.2) is 79.0 Å². The van der Waals surface area contributed by atoms with Gasteiger partial charge >= 0.3 is 29.6 Å². The van der Waals surface area contributed by atoms with Crippen LogP contribution in [0.1, 0.15) is 36.4 Å². The fraction of sp³-hybridized carbons (Fsp3) is 0.226. The van der Waals surface area contributed by atoms with Crippen molar-refractivity contribution in [3.05, 3.63) is 90.1 Å². The molecule has 3 aromatic carbocycles. The number of rotatable bonds is 12. The molecular formula is C31H31N4NaO5. The molecule has 1 heterocycles. The monoisotopic (exact) mass is 562 g/mol. The van der Waals surface area contributed by atoms with Gasteiger partial charge in [0.15, 0.2) is 0 Å². The van der Waals surface area contributed by atoms with Crippen LogP contribution in [-0.2, 0) is 14.4 Å². The smallest absolute Gasteiger partial charge is 0.550 e. The number of hydrogen-bond acceptors (Lipinski definition) is 7. The van der Waals surface area contributed by atoms with E-state index in [1.807, 2.05) is 61.5 Å². The van der Waals surface area contributed by atoms with Gasteiger partial charge in [-0.15, -0.1) is 0 Å². The molecular weight excluding hydrogens is 531 g/mol. The fourth-order valence-electron chi connectivity index (χ4n) is 4.50. The first-order chi connectivity index (χ1) is 19.3. The first kappa shape index (κ1) is 31.6. The van der Waals surface area contributed by atoms with E-state index in [4.69, 9.17) is 0 Å². The minimum Gasteiger partial charge on any atom is -0.550 e. The minimum absolute atomic E-state index is 0. The summed E-state index contributed by atoms with van der Waals surface area (Å²) in [5.41, 5.74) is 2.97. The van der Waals surface area contributed by atoms with E-state index in [1.165, 1.54) is 0 Å². The number of amides is 2. The Bertz CT molecular complexity index is 1520. The third-order valence-corrected chi connectivity index (χ3v) is 6.46. The summed E-state index contributed by atoms with van der Waals surface area (Å²) in [7, 11) is 0. The van der Waals surface area contributed by atoms with Crippen LogP contribution in [0, 0.1) is 6.92 Å². The van der Waals surface area contributed by atoms with E-state index in [9.17, 15) is 24.6 Å². The van der Waals surface area contributed by atoms with E-state index < -0.39 is 24.3 Å². The number of carboxylic acids is 1. The Morgan fingerprint density at radius 1 is 0.976 bits per heavy atom. The molecule has 1 atom stereocenters. The number of anilines is 1. The van der Waals surface area contributed by atoms with Gasteiger partial charge in [0.25, 0.3) is 0 Å². The Morgan fingerprint density at radius 3 is 2.51 bits per heavy atom. The van der Waals surface area contributed by atoms with E-state index in [1.54, 1.807) is 24.4 Å². The molecule has 0 aliphatic carbocycles.